The summed E-state index contributed by atoms with van der Waals surface area (Å²) in [6.07, 6.45) is -4.51. The molecule has 0 bridgehead atoms. The van der Waals surface area contributed by atoms with Gasteiger partial charge in [-0.05, 0) is 23.6 Å². The fourth-order valence-electron chi connectivity index (χ4n) is 2.80. The van der Waals surface area contributed by atoms with Gasteiger partial charge in [-0.25, -0.2) is 0 Å². The minimum Gasteiger partial charge on any atom is -0.485 e. The number of hydrogen-bond acceptors (Lipinski definition) is 4. The van der Waals surface area contributed by atoms with E-state index in [4.69, 9.17) is 9.26 Å². The topological polar surface area (TPSA) is 48.2 Å². The van der Waals surface area contributed by atoms with Crippen molar-refractivity contribution in [2.24, 2.45) is 0 Å². The van der Waals surface area contributed by atoms with Crippen molar-refractivity contribution in [3.05, 3.63) is 78.1 Å². The number of benzene rings is 3. The maximum absolute atomic E-state index is 13.1. The van der Waals surface area contributed by atoms with E-state index < -0.39 is 11.7 Å². The average molecular weight is 370 g/mol. The van der Waals surface area contributed by atoms with Gasteiger partial charge in [0, 0.05) is 5.39 Å². The third-order valence-corrected chi connectivity index (χ3v) is 4.04. The van der Waals surface area contributed by atoms with E-state index in [1.54, 1.807) is 0 Å². The molecule has 1 aromatic heterocycles. The third-order valence-electron chi connectivity index (χ3n) is 4.04. The van der Waals surface area contributed by atoms with Crippen molar-refractivity contribution >= 4 is 10.8 Å². The first-order valence-electron chi connectivity index (χ1n) is 8.12. The molecule has 0 aliphatic rings. The van der Waals surface area contributed by atoms with Crippen molar-refractivity contribution in [1.82, 2.24) is 10.1 Å². The third kappa shape index (κ3) is 3.48. The fourth-order valence-corrected chi connectivity index (χ4v) is 2.80. The molecule has 0 fully saturated rings. The highest BCUT2D eigenvalue weighted by atomic mass is 19.4. The molecule has 4 aromatic rings. The Hall–Kier alpha value is -3.35. The lowest BCUT2D eigenvalue weighted by atomic mass is 10.1. The molecule has 27 heavy (non-hydrogen) atoms. The van der Waals surface area contributed by atoms with Crippen LogP contribution in [0.15, 0.2) is 71.3 Å². The van der Waals surface area contributed by atoms with Crippen LogP contribution in [-0.4, -0.2) is 10.1 Å². The fraction of sp³-hybridized carbons (Fsp3) is 0.100. The van der Waals surface area contributed by atoms with Crippen molar-refractivity contribution in [3.8, 4) is 17.2 Å². The first-order valence-corrected chi connectivity index (χ1v) is 8.12. The smallest absolute Gasteiger partial charge is 0.417 e. The summed E-state index contributed by atoms with van der Waals surface area (Å²) in [7, 11) is 0. The van der Waals surface area contributed by atoms with Crippen LogP contribution in [0.4, 0.5) is 13.2 Å². The Balaban J connectivity index is 1.58. The second-order valence-electron chi connectivity index (χ2n) is 5.83. The number of rotatable bonds is 4. The highest BCUT2D eigenvalue weighted by Gasteiger charge is 2.34. The molecular weight excluding hydrogens is 357 g/mol. The van der Waals surface area contributed by atoms with E-state index in [1.165, 1.54) is 18.2 Å². The van der Waals surface area contributed by atoms with E-state index in [2.05, 4.69) is 10.1 Å². The van der Waals surface area contributed by atoms with Crippen LogP contribution in [0.3, 0.4) is 0 Å². The summed E-state index contributed by atoms with van der Waals surface area (Å²) < 4.78 is 50.2. The van der Waals surface area contributed by atoms with Crippen LogP contribution in [0, 0.1) is 0 Å². The minimum atomic E-state index is -4.51. The number of alkyl halides is 3. The van der Waals surface area contributed by atoms with Gasteiger partial charge in [-0.3, -0.25) is 0 Å². The van der Waals surface area contributed by atoms with E-state index in [1.807, 2.05) is 42.5 Å². The summed E-state index contributed by atoms with van der Waals surface area (Å²) in [6.45, 7) is -0.0221. The van der Waals surface area contributed by atoms with Crippen molar-refractivity contribution in [2.75, 3.05) is 0 Å². The Morgan fingerprint density at radius 3 is 2.48 bits per heavy atom. The van der Waals surface area contributed by atoms with Gasteiger partial charge < -0.3 is 9.26 Å². The zero-order valence-corrected chi connectivity index (χ0v) is 13.9. The molecular formula is C20H13F3N2O2. The number of aromatic nitrogens is 2. The van der Waals surface area contributed by atoms with E-state index in [-0.39, 0.29) is 23.9 Å². The van der Waals surface area contributed by atoms with Crippen LogP contribution in [0.1, 0.15) is 11.4 Å². The van der Waals surface area contributed by atoms with E-state index >= 15 is 0 Å². The largest absolute Gasteiger partial charge is 0.485 e. The summed E-state index contributed by atoms with van der Waals surface area (Å²) in [5.74, 6) is 0.601. The van der Waals surface area contributed by atoms with Crippen molar-refractivity contribution < 1.29 is 22.4 Å². The lowest BCUT2D eigenvalue weighted by Gasteiger charge is -2.09. The number of fused-ring (bicyclic) bond motifs is 1. The lowest BCUT2D eigenvalue weighted by Crippen LogP contribution is -2.07. The molecule has 4 nitrogen and oxygen atoms in total. The Bertz CT molecular complexity index is 1080. The van der Waals surface area contributed by atoms with Crippen molar-refractivity contribution in [3.63, 3.8) is 0 Å². The predicted octanol–water partition coefficient (Wildman–Crippen LogP) is 5.49. The van der Waals surface area contributed by atoms with Crippen LogP contribution >= 0.6 is 0 Å². The molecule has 0 saturated heterocycles. The maximum Gasteiger partial charge on any atom is 0.417 e. The van der Waals surface area contributed by atoms with Crippen LogP contribution in [-0.2, 0) is 12.8 Å². The van der Waals surface area contributed by atoms with Crippen molar-refractivity contribution in [2.45, 2.75) is 12.8 Å². The first-order chi connectivity index (χ1) is 13.0. The molecule has 7 heteroatoms. The van der Waals surface area contributed by atoms with Gasteiger partial charge in [-0.2, -0.15) is 18.2 Å². The summed E-state index contributed by atoms with van der Waals surface area (Å²) in [4.78, 5) is 4.05. The predicted molar refractivity (Wildman–Crippen MR) is 93.0 cm³/mol. The molecule has 0 amide bonds. The quantitative estimate of drug-likeness (QED) is 0.477. The zero-order valence-electron chi connectivity index (χ0n) is 13.9. The summed E-state index contributed by atoms with van der Waals surface area (Å²) in [5, 5.41) is 5.67. The van der Waals surface area contributed by atoms with Crippen LogP contribution < -0.4 is 4.74 Å². The Labute approximate surface area is 152 Å². The molecule has 0 N–H and O–H groups in total. The highest BCUT2D eigenvalue weighted by Crippen LogP contribution is 2.36. The first kappa shape index (κ1) is 17.1. The summed E-state index contributed by atoms with van der Waals surface area (Å²) in [5.41, 5.74) is -0.982. The molecule has 0 saturated carbocycles. The standard InChI is InChI=1S/C20H13F3N2O2/c21-20(22,23)16-10-4-3-9-15(16)19-24-18(25-27-19)12-26-17-11-5-7-13-6-1-2-8-14(13)17/h1-11H,12H2. The monoisotopic (exact) mass is 370 g/mol. The van der Waals surface area contributed by atoms with E-state index in [9.17, 15) is 13.2 Å². The average Bonchev–Trinajstić information content (AvgIpc) is 3.14. The second kappa shape index (κ2) is 6.75. The number of hydrogen-bond donors (Lipinski definition) is 0. The number of nitrogens with zero attached hydrogens (tertiary/aromatic N) is 2. The van der Waals surface area contributed by atoms with Gasteiger partial charge in [0.15, 0.2) is 6.61 Å². The normalized spacial score (nSPS) is 11.7. The molecule has 136 valence electrons. The number of ether oxygens (including phenoxy) is 1. The maximum atomic E-state index is 13.1. The van der Waals surface area contributed by atoms with Gasteiger partial charge in [0.1, 0.15) is 5.75 Å². The van der Waals surface area contributed by atoms with E-state index in [0.29, 0.717) is 5.75 Å². The van der Waals surface area contributed by atoms with Gasteiger partial charge >= 0.3 is 6.18 Å². The minimum absolute atomic E-state index is 0.0221. The lowest BCUT2D eigenvalue weighted by molar-refractivity contribution is -0.137. The summed E-state index contributed by atoms with van der Waals surface area (Å²) >= 11 is 0. The van der Waals surface area contributed by atoms with Gasteiger partial charge in [0.05, 0.1) is 11.1 Å². The molecule has 0 aliphatic heterocycles. The van der Waals surface area contributed by atoms with Gasteiger partial charge in [0.2, 0.25) is 5.82 Å². The van der Waals surface area contributed by atoms with Crippen LogP contribution in [0.2, 0.25) is 0 Å². The molecule has 4 rings (SSSR count). The van der Waals surface area contributed by atoms with E-state index in [0.717, 1.165) is 16.8 Å². The van der Waals surface area contributed by atoms with Crippen LogP contribution in [0.25, 0.3) is 22.2 Å². The van der Waals surface area contributed by atoms with Crippen molar-refractivity contribution in [1.29, 1.82) is 0 Å². The molecule has 0 radical (unpaired) electrons. The Morgan fingerprint density at radius 2 is 1.63 bits per heavy atom. The molecule has 1 heterocycles. The Kier molecular flexibility index (Phi) is 4.27. The Morgan fingerprint density at radius 1 is 0.889 bits per heavy atom. The molecule has 0 spiro atoms. The second-order valence-corrected chi connectivity index (χ2v) is 5.83. The zero-order chi connectivity index (χ0) is 18.9. The van der Waals surface area contributed by atoms with Gasteiger partial charge in [0.25, 0.3) is 5.89 Å². The van der Waals surface area contributed by atoms with Gasteiger partial charge in [-0.15, -0.1) is 0 Å². The number of halogens is 3. The molecule has 3 aromatic carbocycles. The summed E-state index contributed by atoms with van der Waals surface area (Å²) in [6, 6.07) is 18.4. The molecule has 0 atom stereocenters. The van der Waals surface area contributed by atoms with Gasteiger partial charge in [-0.1, -0.05) is 53.7 Å². The highest BCUT2D eigenvalue weighted by molar-refractivity contribution is 5.88. The SMILES string of the molecule is FC(F)(F)c1ccccc1-c1nc(COc2cccc3ccccc23)no1. The molecule has 0 aliphatic carbocycles. The molecule has 0 unspecified atom stereocenters. The van der Waals surface area contributed by atoms with Crippen LogP contribution in [0.5, 0.6) is 5.75 Å².